The number of rotatable bonds is 7. The van der Waals surface area contributed by atoms with E-state index in [1.165, 1.54) is 0 Å². The number of aryl methyl sites for hydroxylation is 1. The Morgan fingerprint density at radius 1 is 1.30 bits per heavy atom. The van der Waals surface area contributed by atoms with Gasteiger partial charge in [-0.25, -0.2) is 4.79 Å². The maximum absolute atomic E-state index is 12.4. The van der Waals surface area contributed by atoms with E-state index in [-0.39, 0.29) is 29.3 Å². The Balaban J connectivity index is 1.80. The zero-order chi connectivity index (χ0) is 19.4. The van der Waals surface area contributed by atoms with Crippen molar-refractivity contribution < 1.29 is 19.4 Å². The summed E-state index contributed by atoms with van der Waals surface area (Å²) in [6.45, 7) is 3.90. The van der Waals surface area contributed by atoms with E-state index in [0.29, 0.717) is 25.1 Å². The standard InChI is InChI=1S/C19H21N3O5/c1-3-26-19(25)15-12(2)21-22-16(15)20-17(23)14(18(22)24)10-7-11-27-13-8-5-4-6-9-13/h4-6,8-9,24H,3,7,10-11H2,1-2H3,(H,20,23). The van der Waals surface area contributed by atoms with Crippen molar-refractivity contribution in [3.8, 4) is 11.6 Å². The Labute approximate surface area is 155 Å². The number of fused-ring (bicyclic) bond motifs is 1. The summed E-state index contributed by atoms with van der Waals surface area (Å²) in [6.07, 6.45) is 0.833. The number of carbonyl (C=O) groups is 1. The third kappa shape index (κ3) is 3.79. The van der Waals surface area contributed by atoms with E-state index in [1.807, 2.05) is 30.3 Å². The number of aromatic nitrogens is 3. The first kappa shape index (κ1) is 18.5. The number of nitrogens with zero attached hydrogens (tertiary/aromatic N) is 2. The molecule has 0 saturated carbocycles. The van der Waals surface area contributed by atoms with E-state index in [9.17, 15) is 14.7 Å². The first-order chi connectivity index (χ1) is 13.0. The molecular weight excluding hydrogens is 350 g/mol. The smallest absolute Gasteiger partial charge is 0.343 e. The highest BCUT2D eigenvalue weighted by molar-refractivity contribution is 5.97. The van der Waals surface area contributed by atoms with Gasteiger partial charge in [0.15, 0.2) is 5.65 Å². The van der Waals surface area contributed by atoms with Gasteiger partial charge in [-0.2, -0.15) is 9.61 Å². The maximum Gasteiger partial charge on any atom is 0.343 e. The fourth-order valence-corrected chi connectivity index (χ4v) is 2.84. The fraction of sp³-hybridized carbons (Fsp3) is 0.316. The summed E-state index contributed by atoms with van der Waals surface area (Å²) in [5.74, 6) is -0.135. The molecule has 0 amide bonds. The van der Waals surface area contributed by atoms with Crippen LogP contribution in [0.25, 0.3) is 5.65 Å². The van der Waals surface area contributed by atoms with Gasteiger partial charge in [0.05, 0.1) is 24.5 Å². The third-order valence-electron chi connectivity index (χ3n) is 4.10. The van der Waals surface area contributed by atoms with Crippen LogP contribution < -0.4 is 10.3 Å². The molecule has 0 fully saturated rings. The number of hydrogen-bond acceptors (Lipinski definition) is 6. The Hall–Kier alpha value is -3.29. The molecule has 8 nitrogen and oxygen atoms in total. The molecule has 8 heteroatoms. The van der Waals surface area contributed by atoms with Gasteiger partial charge in [-0.15, -0.1) is 0 Å². The molecule has 2 N–H and O–H groups in total. The second-order valence-corrected chi connectivity index (χ2v) is 5.96. The van der Waals surface area contributed by atoms with E-state index in [1.54, 1.807) is 13.8 Å². The second-order valence-electron chi connectivity index (χ2n) is 5.96. The predicted octanol–water partition coefficient (Wildman–Crippen LogP) is 2.22. The monoisotopic (exact) mass is 371 g/mol. The highest BCUT2D eigenvalue weighted by Crippen LogP contribution is 2.21. The molecule has 0 radical (unpaired) electrons. The van der Waals surface area contributed by atoms with Crippen molar-refractivity contribution >= 4 is 11.6 Å². The van der Waals surface area contributed by atoms with Gasteiger partial charge in [-0.3, -0.25) is 4.79 Å². The summed E-state index contributed by atoms with van der Waals surface area (Å²) in [5, 5.41) is 14.6. The van der Waals surface area contributed by atoms with Gasteiger partial charge >= 0.3 is 5.97 Å². The van der Waals surface area contributed by atoms with Gasteiger partial charge in [0.1, 0.15) is 11.3 Å². The molecule has 27 heavy (non-hydrogen) atoms. The molecule has 142 valence electrons. The van der Waals surface area contributed by atoms with Crippen molar-refractivity contribution in [2.45, 2.75) is 26.7 Å². The zero-order valence-electron chi connectivity index (χ0n) is 15.2. The second kappa shape index (κ2) is 7.94. The molecule has 3 aromatic rings. The fourth-order valence-electron chi connectivity index (χ4n) is 2.84. The third-order valence-corrected chi connectivity index (χ3v) is 4.10. The number of ether oxygens (including phenoxy) is 2. The lowest BCUT2D eigenvalue weighted by molar-refractivity contribution is 0.0527. The van der Waals surface area contributed by atoms with Crippen LogP contribution in [0.2, 0.25) is 0 Å². The number of H-pyrrole nitrogens is 1. The molecule has 2 heterocycles. The van der Waals surface area contributed by atoms with Crippen LogP contribution in [-0.2, 0) is 11.2 Å². The molecule has 0 aliphatic carbocycles. The average Bonchev–Trinajstić information content (AvgIpc) is 2.98. The van der Waals surface area contributed by atoms with Gasteiger partial charge in [0.2, 0.25) is 5.88 Å². The summed E-state index contributed by atoms with van der Waals surface area (Å²) >= 11 is 0. The van der Waals surface area contributed by atoms with Gasteiger partial charge in [0.25, 0.3) is 5.56 Å². The number of hydrogen-bond donors (Lipinski definition) is 2. The van der Waals surface area contributed by atoms with Gasteiger partial charge < -0.3 is 19.6 Å². The van der Waals surface area contributed by atoms with Gasteiger partial charge in [0, 0.05) is 0 Å². The van der Waals surface area contributed by atoms with Crippen LogP contribution in [0.1, 0.15) is 35.0 Å². The van der Waals surface area contributed by atoms with Gasteiger partial charge in [-0.1, -0.05) is 18.2 Å². The van der Waals surface area contributed by atoms with Crippen LogP contribution in [0.4, 0.5) is 0 Å². The van der Waals surface area contributed by atoms with Crippen LogP contribution in [0, 0.1) is 6.92 Å². The summed E-state index contributed by atoms with van der Waals surface area (Å²) in [5.41, 5.74) is 0.354. The minimum Gasteiger partial charge on any atom is -0.494 e. The predicted molar refractivity (Wildman–Crippen MR) is 98.4 cm³/mol. The molecule has 2 aromatic heterocycles. The number of carbonyl (C=O) groups excluding carboxylic acids is 1. The van der Waals surface area contributed by atoms with Gasteiger partial charge in [-0.05, 0) is 38.8 Å². The van der Waals surface area contributed by atoms with Crippen LogP contribution in [-0.4, -0.2) is 38.9 Å². The number of para-hydroxylation sites is 1. The number of aromatic hydroxyl groups is 1. The first-order valence-corrected chi connectivity index (χ1v) is 8.71. The van der Waals surface area contributed by atoms with E-state index >= 15 is 0 Å². The lowest BCUT2D eigenvalue weighted by atomic mass is 10.2. The number of benzene rings is 1. The lowest BCUT2D eigenvalue weighted by Gasteiger charge is -2.08. The van der Waals surface area contributed by atoms with Crippen LogP contribution in [0.3, 0.4) is 0 Å². The Kier molecular flexibility index (Phi) is 5.44. The molecule has 0 aliphatic rings. The van der Waals surface area contributed by atoms with E-state index < -0.39 is 11.5 Å². The quantitative estimate of drug-likeness (QED) is 0.487. The van der Waals surface area contributed by atoms with E-state index in [2.05, 4.69) is 10.1 Å². The molecular formula is C19H21N3O5. The lowest BCUT2D eigenvalue weighted by Crippen LogP contribution is -2.18. The number of esters is 1. The normalized spacial score (nSPS) is 10.9. The van der Waals surface area contributed by atoms with Crippen molar-refractivity contribution in [2.75, 3.05) is 13.2 Å². The average molecular weight is 371 g/mol. The van der Waals surface area contributed by atoms with Crippen LogP contribution in [0.15, 0.2) is 35.1 Å². The SMILES string of the molecule is CCOC(=O)c1c(C)nn2c(O)c(CCCOc3ccccc3)c(=O)[nH]c12. The first-order valence-electron chi connectivity index (χ1n) is 8.71. The topological polar surface area (TPSA) is 106 Å². The van der Waals surface area contributed by atoms with Crippen molar-refractivity contribution in [1.82, 2.24) is 14.6 Å². The molecule has 3 rings (SSSR count). The molecule has 0 bridgehead atoms. The molecule has 0 aliphatic heterocycles. The molecule has 0 spiro atoms. The van der Waals surface area contributed by atoms with E-state index in [0.717, 1.165) is 10.3 Å². The Morgan fingerprint density at radius 2 is 2.04 bits per heavy atom. The Bertz CT molecular complexity index is 1010. The van der Waals surface area contributed by atoms with Crippen molar-refractivity contribution in [1.29, 1.82) is 0 Å². The Morgan fingerprint density at radius 3 is 2.74 bits per heavy atom. The maximum atomic E-state index is 12.4. The highest BCUT2D eigenvalue weighted by atomic mass is 16.5. The molecule has 1 aromatic carbocycles. The van der Waals surface area contributed by atoms with Crippen LogP contribution >= 0.6 is 0 Å². The number of aromatic amines is 1. The molecule has 0 saturated heterocycles. The summed E-state index contributed by atoms with van der Waals surface area (Å²) < 4.78 is 11.8. The summed E-state index contributed by atoms with van der Waals surface area (Å²) in [4.78, 5) is 27.1. The number of nitrogens with one attached hydrogen (secondary N) is 1. The minimum atomic E-state index is -0.593. The summed E-state index contributed by atoms with van der Waals surface area (Å²) in [7, 11) is 0. The summed E-state index contributed by atoms with van der Waals surface area (Å²) in [6, 6.07) is 9.35. The van der Waals surface area contributed by atoms with Crippen molar-refractivity contribution in [3.63, 3.8) is 0 Å². The van der Waals surface area contributed by atoms with Crippen LogP contribution in [0.5, 0.6) is 11.6 Å². The minimum absolute atomic E-state index is 0.123. The van der Waals surface area contributed by atoms with Crippen molar-refractivity contribution in [3.05, 3.63) is 57.5 Å². The largest absolute Gasteiger partial charge is 0.494 e. The highest BCUT2D eigenvalue weighted by Gasteiger charge is 2.23. The zero-order valence-corrected chi connectivity index (χ0v) is 15.2. The molecule has 0 atom stereocenters. The van der Waals surface area contributed by atoms with Crippen molar-refractivity contribution in [2.24, 2.45) is 0 Å². The molecule has 0 unspecified atom stereocenters. The van der Waals surface area contributed by atoms with E-state index in [4.69, 9.17) is 9.47 Å².